The molecule has 0 spiro atoms. The summed E-state index contributed by atoms with van der Waals surface area (Å²) in [5.74, 6) is 1.48. The Morgan fingerprint density at radius 2 is 1.81 bits per heavy atom. The van der Waals surface area contributed by atoms with Gasteiger partial charge in [0.25, 0.3) is 0 Å². The second-order valence-corrected chi connectivity index (χ2v) is 7.81. The molecule has 0 bridgehead atoms. The van der Waals surface area contributed by atoms with E-state index >= 15 is 0 Å². The molecule has 2 saturated heterocycles. The molecule has 0 radical (unpaired) electrons. The van der Waals surface area contributed by atoms with Crippen LogP contribution in [-0.2, 0) is 11.2 Å². The van der Waals surface area contributed by atoms with Crippen LogP contribution in [0.2, 0.25) is 0 Å². The second-order valence-electron chi connectivity index (χ2n) is 7.81. The molecule has 4 rings (SSSR count). The minimum Gasteiger partial charge on any atom is -0.508 e. The van der Waals surface area contributed by atoms with E-state index in [1.54, 1.807) is 12.1 Å². The van der Waals surface area contributed by atoms with Gasteiger partial charge in [-0.05, 0) is 48.7 Å². The number of likely N-dealkylation sites (tertiary alicyclic amines) is 2. The number of phenolic OH excluding ortho intramolecular Hbond substituents is 1. The maximum Gasteiger partial charge on any atom is 0.227 e. The van der Waals surface area contributed by atoms with Crippen molar-refractivity contribution in [3.8, 4) is 5.75 Å². The Balaban J connectivity index is 1.48. The van der Waals surface area contributed by atoms with Crippen LogP contribution in [0.25, 0.3) is 0 Å². The van der Waals surface area contributed by atoms with E-state index < -0.39 is 0 Å². The molecule has 0 saturated carbocycles. The first kappa shape index (κ1) is 17.1. The van der Waals surface area contributed by atoms with Gasteiger partial charge in [-0.3, -0.25) is 9.69 Å². The van der Waals surface area contributed by atoms with Gasteiger partial charge in [-0.2, -0.15) is 0 Å². The van der Waals surface area contributed by atoms with Crippen molar-refractivity contribution >= 4 is 5.91 Å². The Morgan fingerprint density at radius 1 is 1.08 bits per heavy atom. The lowest BCUT2D eigenvalue weighted by Crippen LogP contribution is -2.34. The molecule has 0 aliphatic carbocycles. The molecule has 2 aliphatic rings. The molecule has 1 N–H and O–H groups in total. The van der Waals surface area contributed by atoms with Crippen LogP contribution in [0.15, 0.2) is 48.5 Å². The Kier molecular flexibility index (Phi) is 4.45. The highest BCUT2D eigenvalue weighted by molar-refractivity contribution is 5.79. The van der Waals surface area contributed by atoms with Crippen LogP contribution < -0.4 is 0 Å². The van der Waals surface area contributed by atoms with Crippen molar-refractivity contribution in [2.75, 3.05) is 26.7 Å². The summed E-state index contributed by atoms with van der Waals surface area (Å²) >= 11 is 0. The molecule has 0 aromatic heterocycles. The Morgan fingerprint density at radius 3 is 2.54 bits per heavy atom. The monoisotopic (exact) mass is 350 g/mol. The van der Waals surface area contributed by atoms with E-state index in [0.29, 0.717) is 24.3 Å². The summed E-state index contributed by atoms with van der Waals surface area (Å²) in [5.41, 5.74) is 3.69. The number of fused-ring (bicyclic) bond motifs is 1. The average Bonchev–Trinajstić information content (AvgIpc) is 3.15. The normalized spacial score (nSPS) is 25.5. The summed E-state index contributed by atoms with van der Waals surface area (Å²) < 4.78 is 0. The lowest BCUT2D eigenvalue weighted by atomic mass is 9.88. The van der Waals surface area contributed by atoms with E-state index in [2.05, 4.69) is 43.1 Å². The number of rotatable bonds is 3. The fraction of sp³-hybridized carbons (Fsp3) is 0.409. The third kappa shape index (κ3) is 3.10. The quantitative estimate of drug-likeness (QED) is 0.925. The molecule has 3 atom stereocenters. The molecule has 2 fully saturated rings. The third-order valence-corrected chi connectivity index (χ3v) is 6.05. The van der Waals surface area contributed by atoms with Crippen molar-refractivity contribution in [3.05, 3.63) is 65.2 Å². The minimum absolute atomic E-state index is 0.191. The molecule has 1 amide bonds. The van der Waals surface area contributed by atoms with Gasteiger partial charge in [0.05, 0.1) is 6.42 Å². The fourth-order valence-corrected chi connectivity index (χ4v) is 4.75. The van der Waals surface area contributed by atoms with Crippen molar-refractivity contribution in [2.45, 2.75) is 19.4 Å². The predicted molar refractivity (Wildman–Crippen MR) is 102 cm³/mol. The molecule has 4 nitrogen and oxygen atoms in total. The summed E-state index contributed by atoms with van der Waals surface area (Å²) in [7, 11) is 2.21. The van der Waals surface area contributed by atoms with Crippen LogP contribution in [-0.4, -0.2) is 47.5 Å². The molecule has 0 unspecified atom stereocenters. The zero-order valence-corrected chi connectivity index (χ0v) is 15.4. The highest BCUT2D eigenvalue weighted by Gasteiger charge is 2.47. The first-order chi connectivity index (χ1) is 12.5. The first-order valence-corrected chi connectivity index (χ1v) is 9.34. The second kappa shape index (κ2) is 6.76. The van der Waals surface area contributed by atoms with Crippen LogP contribution in [0.1, 0.15) is 22.7 Å². The van der Waals surface area contributed by atoms with Gasteiger partial charge in [0.2, 0.25) is 5.91 Å². The van der Waals surface area contributed by atoms with Gasteiger partial charge in [0, 0.05) is 31.6 Å². The van der Waals surface area contributed by atoms with Crippen LogP contribution in [0.4, 0.5) is 0 Å². The maximum absolute atomic E-state index is 12.8. The van der Waals surface area contributed by atoms with Gasteiger partial charge in [-0.25, -0.2) is 0 Å². The summed E-state index contributed by atoms with van der Waals surface area (Å²) in [6.45, 7) is 4.92. The highest BCUT2D eigenvalue weighted by atomic mass is 16.3. The number of phenols is 1. The first-order valence-electron chi connectivity index (χ1n) is 9.34. The molecule has 2 aromatic carbocycles. The smallest absolute Gasteiger partial charge is 0.227 e. The summed E-state index contributed by atoms with van der Waals surface area (Å²) in [4.78, 5) is 17.3. The van der Waals surface area contributed by atoms with E-state index in [-0.39, 0.29) is 11.7 Å². The van der Waals surface area contributed by atoms with Gasteiger partial charge in [-0.1, -0.05) is 36.4 Å². The number of hydrogen-bond acceptors (Lipinski definition) is 3. The van der Waals surface area contributed by atoms with Gasteiger partial charge in [0.15, 0.2) is 0 Å². The van der Waals surface area contributed by atoms with E-state index in [9.17, 15) is 9.90 Å². The number of amides is 1. The number of nitrogens with zero attached hydrogens (tertiary/aromatic N) is 2. The standard InChI is InChI=1S/C22H26N2O2/c1-15-5-3-4-6-19(15)22-20-14-24(13-17(20)12-23(22)2)21(26)11-16-7-9-18(25)10-8-16/h3-10,17,20,22,25H,11-14H2,1-2H3/t17-,20+,22-/m0/s1. The van der Waals surface area contributed by atoms with Crippen molar-refractivity contribution in [1.82, 2.24) is 9.80 Å². The molecular formula is C22H26N2O2. The van der Waals surface area contributed by atoms with Crippen LogP contribution in [0.5, 0.6) is 5.75 Å². The van der Waals surface area contributed by atoms with Crippen molar-refractivity contribution in [1.29, 1.82) is 0 Å². The number of hydrogen-bond donors (Lipinski definition) is 1. The largest absolute Gasteiger partial charge is 0.508 e. The van der Waals surface area contributed by atoms with Gasteiger partial charge in [-0.15, -0.1) is 0 Å². The molecule has 2 aliphatic heterocycles. The molecular weight excluding hydrogens is 324 g/mol. The zero-order chi connectivity index (χ0) is 18.3. The van der Waals surface area contributed by atoms with Crippen molar-refractivity contribution in [3.63, 3.8) is 0 Å². The Hall–Kier alpha value is -2.33. The number of aromatic hydroxyl groups is 1. The molecule has 2 heterocycles. The number of carbonyl (C=O) groups is 1. The topological polar surface area (TPSA) is 43.8 Å². The molecule has 136 valence electrons. The average molecular weight is 350 g/mol. The van der Waals surface area contributed by atoms with Crippen LogP contribution >= 0.6 is 0 Å². The zero-order valence-electron chi connectivity index (χ0n) is 15.4. The Labute approximate surface area is 155 Å². The lowest BCUT2D eigenvalue weighted by molar-refractivity contribution is -0.129. The number of carbonyl (C=O) groups excluding carboxylic acids is 1. The third-order valence-electron chi connectivity index (χ3n) is 6.05. The highest BCUT2D eigenvalue weighted by Crippen LogP contribution is 2.44. The van der Waals surface area contributed by atoms with E-state index in [1.165, 1.54) is 11.1 Å². The van der Waals surface area contributed by atoms with Crippen molar-refractivity contribution < 1.29 is 9.90 Å². The van der Waals surface area contributed by atoms with Crippen LogP contribution in [0, 0.1) is 18.8 Å². The lowest BCUT2D eigenvalue weighted by Gasteiger charge is -2.28. The van der Waals surface area contributed by atoms with Crippen LogP contribution in [0.3, 0.4) is 0 Å². The molecule has 26 heavy (non-hydrogen) atoms. The maximum atomic E-state index is 12.8. The summed E-state index contributed by atoms with van der Waals surface area (Å²) in [6, 6.07) is 16.0. The van der Waals surface area contributed by atoms with E-state index in [4.69, 9.17) is 0 Å². The number of aryl methyl sites for hydroxylation is 1. The summed E-state index contributed by atoms with van der Waals surface area (Å²) in [6.07, 6.45) is 0.407. The predicted octanol–water partition coefficient (Wildman–Crippen LogP) is 3.00. The van der Waals surface area contributed by atoms with Gasteiger partial charge in [0.1, 0.15) is 5.75 Å². The summed E-state index contributed by atoms with van der Waals surface area (Å²) in [5, 5.41) is 9.40. The van der Waals surface area contributed by atoms with E-state index in [1.807, 2.05) is 17.0 Å². The van der Waals surface area contributed by atoms with E-state index in [0.717, 1.165) is 25.2 Å². The number of benzene rings is 2. The van der Waals surface area contributed by atoms with Gasteiger partial charge < -0.3 is 10.0 Å². The fourth-order valence-electron chi connectivity index (χ4n) is 4.75. The Bertz CT molecular complexity index is 802. The van der Waals surface area contributed by atoms with Crippen molar-refractivity contribution in [2.24, 2.45) is 11.8 Å². The minimum atomic E-state index is 0.191. The SMILES string of the molecule is Cc1ccccc1[C@H]1[C@@H]2CN(C(=O)Cc3ccc(O)cc3)C[C@@H]2CN1C. The molecule has 2 aromatic rings. The van der Waals surface area contributed by atoms with Gasteiger partial charge >= 0.3 is 0 Å². The molecule has 4 heteroatoms.